The molecule has 0 aliphatic heterocycles. The molecule has 0 fully saturated rings. The van der Waals surface area contributed by atoms with Crippen molar-refractivity contribution in [2.24, 2.45) is 0 Å². The fraction of sp³-hybridized carbons (Fsp3) is 0.429. The van der Waals surface area contributed by atoms with Crippen LogP contribution < -0.4 is 10.6 Å². The Morgan fingerprint density at radius 3 is 2.62 bits per heavy atom. The van der Waals surface area contributed by atoms with Gasteiger partial charge in [0.1, 0.15) is 0 Å². The number of carboxylic acid groups (broad SMARTS) is 1. The minimum atomic E-state index is -1.12. The molecule has 3 N–H and O–H groups in total. The quantitative estimate of drug-likeness (QED) is 0.676. The van der Waals surface area contributed by atoms with Crippen molar-refractivity contribution in [3.8, 4) is 0 Å². The lowest BCUT2D eigenvalue weighted by molar-refractivity contribution is 0.0698. The van der Waals surface area contributed by atoms with E-state index in [0.29, 0.717) is 11.6 Å². The highest BCUT2D eigenvalue weighted by Gasteiger charge is 2.12. The average molecular weight is 314 g/mol. The number of urea groups is 1. The number of carboxylic acids is 1. The summed E-state index contributed by atoms with van der Waals surface area (Å²) in [5.41, 5.74) is 0.183. The first-order valence-corrected chi connectivity index (χ1v) is 7.00. The van der Waals surface area contributed by atoms with Crippen LogP contribution in [0.2, 0.25) is 5.02 Å². The number of carbonyl (C=O) groups excluding carboxylic acids is 1. The third kappa shape index (κ3) is 6.46. The van der Waals surface area contributed by atoms with Crippen LogP contribution in [0, 0.1) is 0 Å². The zero-order chi connectivity index (χ0) is 15.8. The maximum Gasteiger partial charge on any atom is 0.337 e. The molecule has 0 spiro atoms. The Hall–Kier alpha value is -1.79. The van der Waals surface area contributed by atoms with Crippen LogP contribution in [0.4, 0.5) is 10.5 Å². The van der Waals surface area contributed by atoms with E-state index in [-0.39, 0.29) is 11.3 Å². The molecule has 0 aliphatic rings. The van der Waals surface area contributed by atoms with E-state index in [0.717, 1.165) is 19.4 Å². The number of hydrogen-bond donors (Lipinski definition) is 3. The zero-order valence-corrected chi connectivity index (χ0v) is 12.9. The molecule has 1 aromatic carbocycles. The van der Waals surface area contributed by atoms with E-state index in [4.69, 9.17) is 16.7 Å². The van der Waals surface area contributed by atoms with Crippen molar-refractivity contribution in [1.29, 1.82) is 0 Å². The highest BCUT2D eigenvalue weighted by molar-refractivity contribution is 6.31. The van der Waals surface area contributed by atoms with E-state index in [1.807, 2.05) is 14.1 Å². The van der Waals surface area contributed by atoms with Crippen LogP contribution in [0.5, 0.6) is 0 Å². The monoisotopic (exact) mass is 313 g/mol. The number of rotatable bonds is 7. The van der Waals surface area contributed by atoms with Gasteiger partial charge < -0.3 is 20.6 Å². The number of aromatic carboxylic acids is 1. The molecule has 116 valence electrons. The number of unbranched alkanes of at least 4 members (excludes halogenated alkanes) is 1. The molecule has 0 heterocycles. The van der Waals surface area contributed by atoms with Gasteiger partial charge in [0.05, 0.1) is 11.3 Å². The van der Waals surface area contributed by atoms with Gasteiger partial charge in [-0.2, -0.15) is 0 Å². The van der Waals surface area contributed by atoms with Gasteiger partial charge >= 0.3 is 12.0 Å². The van der Waals surface area contributed by atoms with E-state index in [1.165, 1.54) is 18.2 Å². The summed E-state index contributed by atoms with van der Waals surface area (Å²) in [5, 5.41) is 14.6. The van der Waals surface area contributed by atoms with Gasteiger partial charge in [0.25, 0.3) is 0 Å². The van der Waals surface area contributed by atoms with Crippen LogP contribution in [-0.4, -0.2) is 49.2 Å². The lowest BCUT2D eigenvalue weighted by atomic mass is 10.2. The van der Waals surface area contributed by atoms with Crippen molar-refractivity contribution in [2.75, 3.05) is 32.5 Å². The van der Waals surface area contributed by atoms with Gasteiger partial charge in [0.2, 0.25) is 0 Å². The summed E-state index contributed by atoms with van der Waals surface area (Å²) in [4.78, 5) is 24.9. The van der Waals surface area contributed by atoms with Gasteiger partial charge in [-0.25, -0.2) is 9.59 Å². The van der Waals surface area contributed by atoms with Crippen molar-refractivity contribution < 1.29 is 14.7 Å². The Labute approximate surface area is 129 Å². The number of amides is 2. The van der Waals surface area contributed by atoms with E-state index >= 15 is 0 Å². The molecule has 0 saturated heterocycles. The molecule has 0 unspecified atom stereocenters. The molecule has 0 radical (unpaired) electrons. The third-order valence-electron chi connectivity index (χ3n) is 2.78. The summed E-state index contributed by atoms with van der Waals surface area (Å²) in [6, 6.07) is 3.80. The summed E-state index contributed by atoms with van der Waals surface area (Å²) >= 11 is 5.81. The Kier molecular flexibility index (Phi) is 6.98. The van der Waals surface area contributed by atoms with Gasteiger partial charge in [0.15, 0.2) is 0 Å². The van der Waals surface area contributed by atoms with Gasteiger partial charge in [-0.05, 0) is 51.7 Å². The molecule has 1 rings (SSSR count). The Morgan fingerprint density at radius 1 is 1.29 bits per heavy atom. The third-order valence-corrected chi connectivity index (χ3v) is 3.01. The predicted molar refractivity (Wildman–Crippen MR) is 83.2 cm³/mol. The van der Waals surface area contributed by atoms with E-state index in [9.17, 15) is 9.59 Å². The second-order valence-electron chi connectivity index (χ2n) is 4.89. The van der Waals surface area contributed by atoms with E-state index in [2.05, 4.69) is 15.5 Å². The molecule has 2 amide bonds. The fourth-order valence-electron chi connectivity index (χ4n) is 1.73. The minimum absolute atomic E-state index is 0.00200. The number of halogens is 1. The summed E-state index contributed by atoms with van der Waals surface area (Å²) in [6.07, 6.45) is 1.83. The molecule has 0 saturated carbocycles. The first-order valence-electron chi connectivity index (χ1n) is 6.62. The van der Waals surface area contributed by atoms with E-state index in [1.54, 1.807) is 0 Å². The van der Waals surface area contributed by atoms with Crippen LogP contribution in [0.15, 0.2) is 18.2 Å². The van der Waals surface area contributed by atoms with Crippen molar-refractivity contribution in [3.63, 3.8) is 0 Å². The molecular weight excluding hydrogens is 294 g/mol. The lowest BCUT2D eigenvalue weighted by Gasteiger charge is -2.11. The molecule has 0 aromatic heterocycles. The standard InChI is InChI=1S/C14H20ClN3O3/c1-18(2)8-4-3-7-16-14(21)17-12-9-10(15)5-6-11(12)13(19)20/h5-6,9H,3-4,7-8H2,1-2H3,(H,19,20)(H2,16,17,21). The molecule has 0 atom stereocenters. The van der Waals surface area contributed by atoms with Gasteiger partial charge in [0, 0.05) is 11.6 Å². The smallest absolute Gasteiger partial charge is 0.337 e. The second-order valence-corrected chi connectivity index (χ2v) is 5.32. The number of anilines is 1. The first kappa shape index (κ1) is 17.3. The Bertz CT molecular complexity index is 506. The highest BCUT2D eigenvalue weighted by Crippen LogP contribution is 2.21. The highest BCUT2D eigenvalue weighted by atomic mass is 35.5. The molecule has 21 heavy (non-hydrogen) atoms. The SMILES string of the molecule is CN(C)CCCCNC(=O)Nc1cc(Cl)ccc1C(=O)O. The van der Waals surface area contributed by atoms with Crippen LogP contribution in [0.25, 0.3) is 0 Å². The maximum atomic E-state index is 11.7. The van der Waals surface area contributed by atoms with Crippen molar-refractivity contribution >= 4 is 29.3 Å². The Morgan fingerprint density at radius 2 is 2.00 bits per heavy atom. The average Bonchev–Trinajstić information content (AvgIpc) is 2.37. The number of carbonyl (C=O) groups is 2. The number of nitrogens with zero attached hydrogens (tertiary/aromatic N) is 1. The van der Waals surface area contributed by atoms with Gasteiger partial charge in [-0.15, -0.1) is 0 Å². The van der Waals surface area contributed by atoms with Gasteiger partial charge in [-0.1, -0.05) is 11.6 Å². The fourth-order valence-corrected chi connectivity index (χ4v) is 1.90. The largest absolute Gasteiger partial charge is 0.478 e. The van der Waals surface area contributed by atoms with Crippen LogP contribution in [0.3, 0.4) is 0 Å². The topological polar surface area (TPSA) is 81.7 Å². The normalized spacial score (nSPS) is 10.5. The van der Waals surface area contributed by atoms with Crippen LogP contribution in [0.1, 0.15) is 23.2 Å². The zero-order valence-electron chi connectivity index (χ0n) is 12.1. The van der Waals surface area contributed by atoms with E-state index < -0.39 is 12.0 Å². The predicted octanol–water partition coefficient (Wildman–Crippen LogP) is 2.50. The summed E-state index contributed by atoms with van der Waals surface area (Å²) in [5.74, 6) is -1.12. The molecular formula is C14H20ClN3O3. The van der Waals surface area contributed by atoms with Gasteiger partial charge in [-0.3, -0.25) is 0 Å². The second kappa shape index (κ2) is 8.49. The van der Waals surface area contributed by atoms with Crippen LogP contribution >= 0.6 is 11.6 Å². The Balaban J connectivity index is 2.47. The molecule has 1 aromatic rings. The van der Waals surface area contributed by atoms with Crippen LogP contribution in [-0.2, 0) is 0 Å². The molecule has 6 nitrogen and oxygen atoms in total. The molecule has 0 bridgehead atoms. The molecule has 0 aliphatic carbocycles. The first-order chi connectivity index (χ1) is 9.90. The lowest BCUT2D eigenvalue weighted by Crippen LogP contribution is -2.30. The summed E-state index contributed by atoms with van der Waals surface area (Å²) in [7, 11) is 3.99. The summed E-state index contributed by atoms with van der Waals surface area (Å²) in [6.45, 7) is 1.49. The van der Waals surface area contributed by atoms with Crippen molar-refractivity contribution in [1.82, 2.24) is 10.2 Å². The maximum absolute atomic E-state index is 11.7. The number of hydrogen-bond acceptors (Lipinski definition) is 3. The number of benzene rings is 1. The number of nitrogens with one attached hydrogen (secondary N) is 2. The minimum Gasteiger partial charge on any atom is -0.478 e. The molecule has 7 heteroatoms. The van der Waals surface area contributed by atoms with Crippen molar-refractivity contribution in [3.05, 3.63) is 28.8 Å². The summed E-state index contributed by atoms with van der Waals surface area (Å²) < 4.78 is 0. The van der Waals surface area contributed by atoms with Crippen molar-refractivity contribution in [2.45, 2.75) is 12.8 Å².